The standard InChI is InChI=1S/C10H7FN2O2S/c1-6-10(12-5-16-6)7-2-3-8(11)9(4-7)13(14)15/h2-5H,1H3. The molecule has 2 rings (SSSR count). The Balaban J connectivity index is 2.56. The van der Waals surface area contributed by atoms with Gasteiger partial charge in [0.25, 0.3) is 0 Å². The number of benzene rings is 1. The minimum absolute atomic E-state index is 0.523. The Hall–Kier alpha value is -1.82. The fourth-order valence-corrected chi connectivity index (χ4v) is 1.98. The highest BCUT2D eigenvalue weighted by molar-refractivity contribution is 7.10. The first-order valence-electron chi connectivity index (χ1n) is 4.44. The van der Waals surface area contributed by atoms with Crippen molar-refractivity contribution in [2.45, 2.75) is 6.92 Å². The van der Waals surface area contributed by atoms with E-state index in [2.05, 4.69) is 4.98 Å². The minimum Gasteiger partial charge on any atom is -0.258 e. The van der Waals surface area contributed by atoms with Crippen LogP contribution in [0.15, 0.2) is 23.7 Å². The van der Waals surface area contributed by atoms with Crippen molar-refractivity contribution in [3.63, 3.8) is 0 Å². The number of rotatable bonds is 2. The van der Waals surface area contributed by atoms with Gasteiger partial charge in [-0.1, -0.05) is 0 Å². The molecule has 1 aromatic heterocycles. The van der Waals surface area contributed by atoms with E-state index in [-0.39, 0.29) is 0 Å². The molecule has 6 heteroatoms. The molecule has 2 aromatic rings. The summed E-state index contributed by atoms with van der Waals surface area (Å²) in [5.74, 6) is -0.832. The second-order valence-corrected chi connectivity index (χ2v) is 4.24. The summed E-state index contributed by atoms with van der Waals surface area (Å²) in [6.07, 6.45) is 0. The van der Waals surface area contributed by atoms with Gasteiger partial charge in [-0.25, -0.2) is 4.98 Å². The molecule has 0 aliphatic heterocycles. The molecule has 0 N–H and O–H groups in total. The largest absolute Gasteiger partial charge is 0.305 e. The molecule has 16 heavy (non-hydrogen) atoms. The van der Waals surface area contributed by atoms with Crippen LogP contribution in [-0.4, -0.2) is 9.91 Å². The van der Waals surface area contributed by atoms with Crippen LogP contribution in [0, 0.1) is 22.9 Å². The molecule has 0 saturated carbocycles. The number of hydrogen-bond acceptors (Lipinski definition) is 4. The molecule has 0 aliphatic rings. The van der Waals surface area contributed by atoms with E-state index in [4.69, 9.17) is 0 Å². The molecule has 0 fully saturated rings. The van der Waals surface area contributed by atoms with Crippen LogP contribution in [0.5, 0.6) is 0 Å². The lowest BCUT2D eigenvalue weighted by Gasteiger charge is -1.99. The zero-order valence-corrected chi connectivity index (χ0v) is 9.12. The third-order valence-corrected chi connectivity index (χ3v) is 2.92. The molecule has 0 saturated heterocycles. The summed E-state index contributed by atoms with van der Waals surface area (Å²) in [6, 6.07) is 3.79. The molecule has 82 valence electrons. The maximum Gasteiger partial charge on any atom is 0.305 e. The van der Waals surface area contributed by atoms with Crippen molar-refractivity contribution < 1.29 is 9.31 Å². The van der Waals surface area contributed by atoms with Gasteiger partial charge in [0, 0.05) is 16.5 Å². The Bertz CT molecular complexity index is 554. The van der Waals surface area contributed by atoms with E-state index in [0.717, 1.165) is 10.9 Å². The summed E-state index contributed by atoms with van der Waals surface area (Å²) in [5, 5.41) is 10.6. The van der Waals surface area contributed by atoms with Crippen LogP contribution in [0.2, 0.25) is 0 Å². The van der Waals surface area contributed by atoms with Crippen molar-refractivity contribution >= 4 is 17.0 Å². The lowest BCUT2D eigenvalue weighted by atomic mass is 10.1. The number of aromatic nitrogens is 1. The highest BCUT2D eigenvalue weighted by Gasteiger charge is 2.16. The number of hydrogen-bond donors (Lipinski definition) is 0. The lowest BCUT2D eigenvalue weighted by Crippen LogP contribution is -1.93. The second-order valence-electron chi connectivity index (χ2n) is 3.18. The van der Waals surface area contributed by atoms with Gasteiger partial charge in [-0.2, -0.15) is 4.39 Å². The number of thiazole rings is 1. The Morgan fingerprint density at radius 1 is 1.50 bits per heavy atom. The van der Waals surface area contributed by atoms with Crippen molar-refractivity contribution in [3.8, 4) is 11.3 Å². The maximum atomic E-state index is 13.1. The molecule has 0 spiro atoms. The molecule has 0 atom stereocenters. The van der Waals surface area contributed by atoms with E-state index in [1.807, 2.05) is 6.92 Å². The molecule has 1 aromatic carbocycles. The van der Waals surface area contributed by atoms with Gasteiger partial charge < -0.3 is 0 Å². The highest BCUT2D eigenvalue weighted by Crippen LogP contribution is 2.28. The molecule has 1 heterocycles. The van der Waals surface area contributed by atoms with Gasteiger partial charge in [-0.3, -0.25) is 10.1 Å². The Morgan fingerprint density at radius 3 is 2.81 bits per heavy atom. The van der Waals surface area contributed by atoms with Gasteiger partial charge in [-0.15, -0.1) is 11.3 Å². The number of nitrogens with zero attached hydrogens (tertiary/aromatic N) is 2. The second kappa shape index (κ2) is 3.97. The molecule has 0 unspecified atom stereocenters. The lowest BCUT2D eigenvalue weighted by molar-refractivity contribution is -0.387. The van der Waals surface area contributed by atoms with E-state index < -0.39 is 16.4 Å². The van der Waals surface area contributed by atoms with Crippen LogP contribution in [0.1, 0.15) is 4.88 Å². The van der Waals surface area contributed by atoms with Crippen LogP contribution >= 0.6 is 11.3 Å². The third kappa shape index (κ3) is 1.79. The SMILES string of the molecule is Cc1scnc1-c1ccc(F)c([N+](=O)[O-])c1. The number of halogens is 1. The van der Waals surface area contributed by atoms with Crippen molar-refractivity contribution in [2.75, 3.05) is 0 Å². The van der Waals surface area contributed by atoms with E-state index in [1.54, 1.807) is 5.51 Å². The first-order valence-corrected chi connectivity index (χ1v) is 5.32. The number of nitro benzene ring substituents is 1. The van der Waals surface area contributed by atoms with E-state index in [1.165, 1.54) is 23.5 Å². The summed E-state index contributed by atoms with van der Waals surface area (Å²) in [6.45, 7) is 1.86. The van der Waals surface area contributed by atoms with Gasteiger partial charge in [0.2, 0.25) is 5.82 Å². The predicted octanol–water partition coefficient (Wildman–Crippen LogP) is 3.17. The normalized spacial score (nSPS) is 10.4. The third-order valence-electron chi connectivity index (χ3n) is 2.16. The van der Waals surface area contributed by atoms with Crippen molar-refractivity contribution in [1.82, 2.24) is 4.98 Å². The molecular formula is C10H7FN2O2S. The van der Waals surface area contributed by atoms with Crippen LogP contribution in [-0.2, 0) is 0 Å². The predicted molar refractivity (Wildman–Crippen MR) is 58.9 cm³/mol. The van der Waals surface area contributed by atoms with Gasteiger partial charge in [0.1, 0.15) is 0 Å². The first kappa shape index (κ1) is 10.7. The van der Waals surface area contributed by atoms with Crippen LogP contribution in [0.3, 0.4) is 0 Å². The van der Waals surface area contributed by atoms with Crippen LogP contribution in [0.25, 0.3) is 11.3 Å². The molecule has 0 radical (unpaired) electrons. The van der Waals surface area contributed by atoms with Crippen LogP contribution < -0.4 is 0 Å². The number of aryl methyl sites for hydroxylation is 1. The van der Waals surface area contributed by atoms with Gasteiger partial charge in [0.05, 0.1) is 16.1 Å². The summed E-state index contributed by atoms with van der Waals surface area (Å²) in [4.78, 5) is 14.9. The zero-order valence-electron chi connectivity index (χ0n) is 8.31. The Kier molecular flexibility index (Phi) is 2.66. The van der Waals surface area contributed by atoms with E-state index >= 15 is 0 Å². The minimum atomic E-state index is -0.832. The van der Waals surface area contributed by atoms with E-state index in [0.29, 0.717) is 11.3 Å². The quantitative estimate of drug-likeness (QED) is 0.596. The summed E-state index contributed by atoms with van der Waals surface area (Å²) >= 11 is 1.44. The average Bonchev–Trinajstić information content (AvgIpc) is 2.65. The fourth-order valence-electron chi connectivity index (χ4n) is 1.38. The summed E-state index contributed by atoms with van der Waals surface area (Å²) in [7, 11) is 0. The smallest absolute Gasteiger partial charge is 0.258 e. The van der Waals surface area contributed by atoms with Gasteiger partial charge in [0.15, 0.2) is 0 Å². The summed E-state index contributed by atoms with van der Waals surface area (Å²) in [5.41, 5.74) is 2.35. The van der Waals surface area contributed by atoms with E-state index in [9.17, 15) is 14.5 Å². The van der Waals surface area contributed by atoms with Gasteiger partial charge in [-0.05, 0) is 19.1 Å². The Morgan fingerprint density at radius 2 is 2.25 bits per heavy atom. The first-order chi connectivity index (χ1) is 7.59. The average molecular weight is 238 g/mol. The molecule has 0 amide bonds. The zero-order chi connectivity index (χ0) is 11.7. The van der Waals surface area contributed by atoms with Crippen molar-refractivity contribution in [3.05, 3.63) is 44.5 Å². The van der Waals surface area contributed by atoms with Crippen molar-refractivity contribution in [1.29, 1.82) is 0 Å². The Labute approximate surface area is 94.5 Å². The fraction of sp³-hybridized carbons (Fsp3) is 0.100. The van der Waals surface area contributed by atoms with Crippen LogP contribution in [0.4, 0.5) is 10.1 Å². The molecular weight excluding hydrogens is 231 g/mol. The topological polar surface area (TPSA) is 56.0 Å². The summed E-state index contributed by atoms with van der Waals surface area (Å²) < 4.78 is 13.1. The number of nitro groups is 1. The highest BCUT2D eigenvalue weighted by atomic mass is 32.1. The molecule has 0 bridgehead atoms. The molecule has 4 nitrogen and oxygen atoms in total. The molecule has 0 aliphatic carbocycles. The van der Waals surface area contributed by atoms with Crippen molar-refractivity contribution in [2.24, 2.45) is 0 Å². The monoisotopic (exact) mass is 238 g/mol. The maximum absolute atomic E-state index is 13.1. The van der Waals surface area contributed by atoms with Gasteiger partial charge >= 0.3 is 5.69 Å².